The van der Waals surface area contributed by atoms with Crippen molar-refractivity contribution >= 4 is 16.9 Å². The van der Waals surface area contributed by atoms with E-state index in [0.717, 1.165) is 0 Å². The summed E-state index contributed by atoms with van der Waals surface area (Å²) in [6.45, 7) is 0. The quantitative estimate of drug-likeness (QED) is 0.648. The molecular weight excluding hydrogens is 194 g/mol. The van der Waals surface area contributed by atoms with Crippen molar-refractivity contribution in [1.29, 1.82) is 0 Å². The Balaban J connectivity index is 2.97. The first-order valence-electron chi connectivity index (χ1n) is 4.41. The largest absolute Gasteiger partial charge is 0.545 e. The molecule has 76 valence electrons. The molecular formula is C11H8NO3-. The van der Waals surface area contributed by atoms with Gasteiger partial charge < -0.3 is 14.5 Å². The molecule has 0 aliphatic carbocycles. The van der Waals surface area contributed by atoms with Crippen LogP contribution in [0.1, 0.15) is 10.4 Å². The second-order valence-electron chi connectivity index (χ2n) is 3.29. The van der Waals surface area contributed by atoms with E-state index < -0.39 is 11.4 Å². The number of rotatable bonds is 1. The van der Waals surface area contributed by atoms with Gasteiger partial charge in [0.1, 0.15) is 0 Å². The number of hydrogen-bond donors (Lipinski definition) is 0. The minimum atomic E-state index is -1.44. The molecule has 1 aromatic heterocycles. The highest BCUT2D eigenvalue weighted by Gasteiger charge is 2.06. The van der Waals surface area contributed by atoms with E-state index in [2.05, 4.69) is 0 Å². The molecule has 4 nitrogen and oxygen atoms in total. The average Bonchev–Trinajstić information content (AvgIpc) is 2.23. The van der Waals surface area contributed by atoms with Crippen LogP contribution in [0.5, 0.6) is 0 Å². The number of carbonyl (C=O) groups excluding carboxylic acids is 1. The summed E-state index contributed by atoms with van der Waals surface area (Å²) in [6, 6.07) is 6.85. The minimum Gasteiger partial charge on any atom is -0.545 e. The van der Waals surface area contributed by atoms with E-state index in [1.165, 1.54) is 6.20 Å². The first kappa shape index (κ1) is 9.45. The lowest BCUT2D eigenvalue weighted by atomic mass is 10.1. The summed E-state index contributed by atoms with van der Waals surface area (Å²) in [5.41, 5.74) is -0.104. The molecule has 0 bridgehead atoms. The van der Waals surface area contributed by atoms with Crippen molar-refractivity contribution in [1.82, 2.24) is 4.57 Å². The number of aromatic nitrogens is 1. The van der Waals surface area contributed by atoms with Crippen LogP contribution in [0, 0.1) is 0 Å². The summed E-state index contributed by atoms with van der Waals surface area (Å²) in [5.74, 6) is -1.44. The van der Waals surface area contributed by atoms with E-state index in [4.69, 9.17) is 0 Å². The summed E-state index contributed by atoms with van der Waals surface area (Å²) in [5, 5.41) is 11.1. The SMILES string of the molecule is Cn1cc(C(=O)[O-])c(=O)c2ccccc21. The van der Waals surface area contributed by atoms with Gasteiger partial charge in [-0.1, -0.05) is 12.1 Å². The molecule has 0 aliphatic heterocycles. The van der Waals surface area contributed by atoms with Crippen LogP contribution < -0.4 is 10.5 Å². The Hall–Kier alpha value is -2.10. The molecule has 0 spiro atoms. The van der Waals surface area contributed by atoms with Gasteiger partial charge in [-0.25, -0.2) is 0 Å². The van der Waals surface area contributed by atoms with Crippen molar-refractivity contribution in [2.45, 2.75) is 0 Å². The third-order valence-electron chi connectivity index (χ3n) is 2.32. The van der Waals surface area contributed by atoms with Crippen molar-refractivity contribution in [3.8, 4) is 0 Å². The number of aromatic carboxylic acids is 1. The van der Waals surface area contributed by atoms with E-state index in [-0.39, 0.29) is 5.56 Å². The predicted octanol–water partition coefficient (Wildman–Crippen LogP) is -0.0980. The Morgan fingerprint density at radius 2 is 2.00 bits per heavy atom. The Morgan fingerprint density at radius 3 is 2.67 bits per heavy atom. The molecule has 0 fully saturated rings. The Labute approximate surface area is 85.4 Å². The molecule has 0 atom stereocenters. The smallest absolute Gasteiger partial charge is 0.198 e. The molecule has 15 heavy (non-hydrogen) atoms. The molecule has 2 aromatic rings. The minimum absolute atomic E-state index is 0.309. The number of carboxylic acids is 1. The molecule has 1 aromatic carbocycles. The number of hydrogen-bond acceptors (Lipinski definition) is 3. The van der Waals surface area contributed by atoms with Crippen LogP contribution in [0.25, 0.3) is 10.9 Å². The number of benzene rings is 1. The number of nitrogens with zero attached hydrogens (tertiary/aromatic N) is 1. The summed E-state index contributed by atoms with van der Waals surface area (Å²) >= 11 is 0. The lowest BCUT2D eigenvalue weighted by Gasteiger charge is -2.08. The molecule has 1 heterocycles. The fraction of sp³-hybridized carbons (Fsp3) is 0.0909. The molecule has 0 N–H and O–H groups in total. The fourth-order valence-electron chi connectivity index (χ4n) is 1.59. The van der Waals surface area contributed by atoms with Gasteiger partial charge in [0.15, 0.2) is 5.43 Å². The van der Waals surface area contributed by atoms with Gasteiger partial charge in [-0.3, -0.25) is 4.79 Å². The molecule has 4 heteroatoms. The van der Waals surface area contributed by atoms with Gasteiger partial charge in [0.05, 0.1) is 17.0 Å². The van der Waals surface area contributed by atoms with Gasteiger partial charge >= 0.3 is 0 Å². The Kier molecular flexibility index (Phi) is 2.04. The normalized spacial score (nSPS) is 10.5. The highest BCUT2D eigenvalue weighted by atomic mass is 16.4. The number of pyridine rings is 1. The van der Waals surface area contributed by atoms with Gasteiger partial charge in [-0.05, 0) is 12.1 Å². The maximum Gasteiger partial charge on any atom is 0.198 e. The van der Waals surface area contributed by atoms with Crippen molar-refractivity contribution in [3.05, 3.63) is 46.2 Å². The van der Waals surface area contributed by atoms with E-state index in [1.54, 1.807) is 35.9 Å². The Bertz CT molecular complexity index is 598. The summed E-state index contributed by atoms with van der Waals surface area (Å²) in [7, 11) is 1.69. The average molecular weight is 202 g/mol. The van der Waals surface area contributed by atoms with Crippen LogP contribution in [0.2, 0.25) is 0 Å². The van der Waals surface area contributed by atoms with Crippen LogP contribution in [0.4, 0.5) is 0 Å². The molecule has 0 unspecified atom stereocenters. The fourth-order valence-corrected chi connectivity index (χ4v) is 1.59. The van der Waals surface area contributed by atoms with Gasteiger partial charge in [0.2, 0.25) is 0 Å². The number of carbonyl (C=O) groups is 1. The topological polar surface area (TPSA) is 62.1 Å². The molecule has 0 saturated carbocycles. The third kappa shape index (κ3) is 1.40. The summed E-state index contributed by atoms with van der Waals surface area (Å²) in [6.07, 6.45) is 1.28. The maximum absolute atomic E-state index is 11.7. The first-order valence-corrected chi connectivity index (χ1v) is 4.41. The van der Waals surface area contributed by atoms with Crippen LogP contribution in [-0.2, 0) is 7.05 Å². The van der Waals surface area contributed by atoms with Crippen molar-refractivity contribution in [2.24, 2.45) is 7.05 Å². The van der Waals surface area contributed by atoms with Crippen LogP contribution >= 0.6 is 0 Å². The predicted molar refractivity (Wildman–Crippen MR) is 53.5 cm³/mol. The number of aryl methyl sites for hydroxylation is 1. The highest BCUT2D eigenvalue weighted by Crippen LogP contribution is 2.09. The highest BCUT2D eigenvalue weighted by molar-refractivity contribution is 5.91. The van der Waals surface area contributed by atoms with Gasteiger partial charge in [-0.2, -0.15) is 0 Å². The molecule has 0 radical (unpaired) electrons. The number of fused-ring (bicyclic) bond motifs is 1. The lowest BCUT2D eigenvalue weighted by Crippen LogP contribution is -2.29. The van der Waals surface area contributed by atoms with Crippen LogP contribution in [-0.4, -0.2) is 10.5 Å². The second kappa shape index (κ2) is 3.24. The zero-order valence-electron chi connectivity index (χ0n) is 8.06. The molecule has 0 saturated heterocycles. The zero-order chi connectivity index (χ0) is 11.0. The second-order valence-corrected chi connectivity index (χ2v) is 3.29. The summed E-state index contributed by atoms with van der Waals surface area (Å²) in [4.78, 5) is 22.4. The lowest BCUT2D eigenvalue weighted by molar-refractivity contribution is -0.255. The molecule has 2 rings (SSSR count). The number of carboxylic acid groups (broad SMARTS) is 1. The third-order valence-corrected chi connectivity index (χ3v) is 2.32. The van der Waals surface area contributed by atoms with E-state index in [1.807, 2.05) is 0 Å². The van der Waals surface area contributed by atoms with E-state index in [0.29, 0.717) is 10.9 Å². The van der Waals surface area contributed by atoms with E-state index >= 15 is 0 Å². The van der Waals surface area contributed by atoms with Gasteiger partial charge in [-0.15, -0.1) is 0 Å². The maximum atomic E-state index is 11.7. The van der Waals surface area contributed by atoms with Crippen molar-refractivity contribution in [2.75, 3.05) is 0 Å². The van der Waals surface area contributed by atoms with Crippen LogP contribution in [0.3, 0.4) is 0 Å². The van der Waals surface area contributed by atoms with Gasteiger partial charge in [0, 0.05) is 18.6 Å². The molecule has 0 aliphatic rings. The monoisotopic (exact) mass is 202 g/mol. The standard InChI is InChI=1S/C11H9NO3/c1-12-6-8(11(14)15)10(13)7-4-2-3-5-9(7)12/h2-6H,1H3,(H,14,15)/p-1. The van der Waals surface area contributed by atoms with E-state index in [9.17, 15) is 14.7 Å². The number of para-hydroxylation sites is 1. The van der Waals surface area contributed by atoms with Crippen LogP contribution in [0.15, 0.2) is 35.3 Å². The Morgan fingerprint density at radius 1 is 1.33 bits per heavy atom. The van der Waals surface area contributed by atoms with Crippen molar-refractivity contribution < 1.29 is 9.90 Å². The summed E-state index contributed by atoms with van der Waals surface area (Å²) < 4.78 is 1.60. The zero-order valence-corrected chi connectivity index (χ0v) is 8.06. The molecule has 0 amide bonds. The van der Waals surface area contributed by atoms with Crippen molar-refractivity contribution in [3.63, 3.8) is 0 Å². The van der Waals surface area contributed by atoms with Gasteiger partial charge in [0.25, 0.3) is 0 Å². The first-order chi connectivity index (χ1) is 7.11.